The molecule has 4 atom stereocenters. The van der Waals surface area contributed by atoms with Crippen LogP contribution < -0.4 is 11.1 Å². The Morgan fingerprint density at radius 2 is 1.13 bits per heavy atom. The third-order valence-electron chi connectivity index (χ3n) is 7.93. The van der Waals surface area contributed by atoms with Crippen LogP contribution in [0.1, 0.15) is 42.5 Å². The van der Waals surface area contributed by atoms with E-state index in [1.807, 2.05) is 50.2 Å². The highest BCUT2D eigenvalue weighted by Gasteiger charge is 2.34. The van der Waals surface area contributed by atoms with Crippen LogP contribution in [0.3, 0.4) is 0 Å². The van der Waals surface area contributed by atoms with Crippen LogP contribution >= 0.6 is 0 Å². The smallest absolute Gasteiger partial charge is 0.391 e. The van der Waals surface area contributed by atoms with Crippen molar-refractivity contribution in [3.8, 4) is 0 Å². The summed E-state index contributed by atoms with van der Waals surface area (Å²) in [4.78, 5) is 23.5. The van der Waals surface area contributed by atoms with Crippen LogP contribution in [0.25, 0.3) is 0 Å². The minimum Gasteiger partial charge on any atom is -0.391 e. The summed E-state index contributed by atoms with van der Waals surface area (Å²) < 4.78 is 4.25. The van der Waals surface area contributed by atoms with E-state index in [-0.39, 0.29) is 18.0 Å². The van der Waals surface area contributed by atoms with Crippen molar-refractivity contribution >= 4 is 12.1 Å². The topological polar surface area (TPSA) is 105 Å². The number of nitrogens with one attached hydrogen (secondary N) is 1. The Labute approximate surface area is 267 Å². The van der Waals surface area contributed by atoms with Crippen molar-refractivity contribution in [2.75, 3.05) is 0 Å². The molecule has 45 heavy (non-hydrogen) atoms. The summed E-state index contributed by atoms with van der Waals surface area (Å²) in [6, 6.07) is 41.2. The molecule has 0 aliphatic carbocycles. The Balaban J connectivity index is 0.000000392. The quantitative estimate of drug-likeness (QED) is 0.129. The number of amides is 1. The van der Waals surface area contributed by atoms with Gasteiger partial charge >= 0.3 is 12.1 Å². The van der Waals surface area contributed by atoms with Crippen LogP contribution in [0.15, 0.2) is 121 Å². The fourth-order valence-electron chi connectivity index (χ4n) is 5.57. The molecule has 1 heterocycles. The van der Waals surface area contributed by atoms with Crippen LogP contribution in [-0.2, 0) is 35.5 Å². The average molecular weight is 608 g/mol. The molecule has 5 rings (SSSR count). The molecule has 4 aromatic rings. The molecule has 0 bridgehead atoms. The Hall–Kier alpha value is -4.30. The first kappa shape index (κ1) is 33.6. The average Bonchev–Trinajstić information content (AvgIpc) is 3.39. The zero-order valence-corrected chi connectivity index (χ0v) is 26.2. The fraction of sp³-hybridized carbons (Fsp3) is 0.316. The van der Waals surface area contributed by atoms with E-state index < -0.39 is 24.2 Å². The number of carbonyl (C=O) groups is 2. The van der Waals surface area contributed by atoms with Gasteiger partial charge in [-0.2, -0.15) is 0 Å². The van der Waals surface area contributed by atoms with Gasteiger partial charge in [0.25, 0.3) is 0 Å². The Morgan fingerprint density at radius 3 is 1.51 bits per heavy atom. The number of carbonyl (C=O) groups excluding carboxylic acids is 2. The van der Waals surface area contributed by atoms with Crippen molar-refractivity contribution in [2.45, 2.75) is 70.4 Å². The summed E-state index contributed by atoms with van der Waals surface area (Å²) in [6.07, 6.45) is 0.879. The molecule has 0 aromatic heterocycles. The summed E-state index contributed by atoms with van der Waals surface area (Å²) >= 11 is 0. The van der Waals surface area contributed by atoms with Crippen LogP contribution in [0, 0.1) is 5.92 Å². The summed E-state index contributed by atoms with van der Waals surface area (Å²) in [5, 5.41) is 14.0. The third-order valence-corrected chi connectivity index (χ3v) is 7.93. The Morgan fingerprint density at radius 1 is 0.711 bits per heavy atom. The van der Waals surface area contributed by atoms with Crippen molar-refractivity contribution in [2.24, 2.45) is 11.7 Å². The van der Waals surface area contributed by atoms with Gasteiger partial charge in [-0.05, 0) is 47.4 Å². The number of esters is 1. The molecule has 1 aliphatic heterocycles. The minimum absolute atomic E-state index is 0.0698. The van der Waals surface area contributed by atoms with E-state index >= 15 is 0 Å². The van der Waals surface area contributed by atoms with Crippen LogP contribution in [-0.4, -0.2) is 46.3 Å². The van der Waals surface area contributed by atoms with Crippen molar-refractivity contribution in [3.63, 3.8) is 0 Å². The van der Waals surface area contributed by atoms with Crippen LogP contribution in [0.5, 0.6) is 0 Å². The number of hydrogen-bond acceptors (Lipinski definition) is 6. The van der Waals surface area contributed by atoms with E-state index in [9.17, 15) is 14.7 Å². The van der Waals surface area contributed by atoms with E-state index in [0.717, 1.165) is 25.9 Å². The number of aliphatic hydroxyl groups is 1. The van der Waals surface area contributed by atoms with E-state index in [4.69, 9.17) is 5.73 Å². The van der Waals surface area contributed by atoms with Gasteiger partial charge in [0.2, 0.25) is 0 Å². The monoisotopic (exact) mass is 607 g/mol. The molecule has 1 amide bonds. The van der Waals surface area contributed by atoms with E-state index in [2.05, 4.69) is 99.9 Å². The number of alkyl carbamates (subject to hydrolysis) is 1. The zero-order chi connectivity index (χ0) is 32.0. The molecule has 1 unspecified atom stereocenters. The summed E-state index contributed by atoms with van der Waals surface area (Å²) in [5.74, 6) is -0.376. The maximum absolute atomic E-state index is 11.6. The lowest BCUT2D eigenvalue weighted by molar-refractivity contribution is -0.136. The van der Waals surface area contributed by atoms with Gasteiger partial charge in [0.1, 0.15) is 6.04 Å². The molecule has 1 aliphatic rings. The van der Waals surface area contributed by atoms with E-state index in [1.54, 1.807) is 0 Å². The number of aliphatic hydroxyl groups excluding tert-OH is 1. The standard InChI is InChI=1S/C32H36N2O.C6H9NO3/c33-30(21-26-13-5-1-6-14-26)23-32(35)31(22-27-15-7-2-8-16-27)34(24-28-17-9-3-10-18-28)25-29-19-11-4-12-20-29;1-3(2)4-5(8)10-6(9)7-4/h1-20,30-32,35H,21-25,33H2;3-4H,1-2H3,(H,7,9)/t30-,31-,32?;4-/m00/s1. The maximum Gasteiger partial charge on any atom is 0.415 e. The van der Waals surface area contributed by atoms with Crippen molar-refractivity contribution in [3.05, 3.63) is 144 Å². The number of nitrogens with zero attached hydrogens (tertiary/aromatic N) is 1. The SMILES string of the molecule is CC(C)[C@@H]1NC(=O)OC1=O.N[C@@H](Cc1ccccc1)CC(O)[C@H](Cc1ccccc1)N(Cc1ccccc1)Cc1ccccc1. The van der Waals surface area contributed by atoms with Crippen molar-refractivity contribution in [1.82, 2.24) is 10.2 Å². The zero-order valence-electron chi connectivity index (χ0n) is 26.2. The second-order valence-corrected chi connectivity index (χ2v) is 12.0. The van der Waals surface area contributed by atoms with Gasteiger partial charge in [0.05, 0.1) is 6.10 Å². The van der Waals surface area contributed by atoms with Gasteiger partial charge in [-0.3, -0.25) is 4.90 Å². The normalized spacial score (nSPS) is 16.4. The number of hydrogen-bond donors (Lipinski definition) is 3. The first-order valence-electron chi connectivity index (χ1n) is 15.6. The lowest BCUT2D eigenvalue weighted by atomic mass is 9.92. The molecule has 1 saturated heterocycles. The van der Waals surface area contributed by atoms with Gasteiger partial charge < -0.3 is 20.9 Å². The van der Waals surface area contributed by atoms with Crippen molar-refractivity contribution < 1.29 is 19.4 Å². The molecule has 0 radical (unpaired) electrons. The molecule has 4 N–H and O–H groups in total. The number of ether oxygens (including phenoxy) is 1. The maximum atomic E-state index is 11.6. The third kappa shape index (κ3) is 11.0. The Bertz CT molecular complexity index is 1390. The first-order valence-corrected chi connectivity index (χ1v) is 15.6. The van der Waals surface area contributed by atoms with Gasteiger partial charge in [0, 0.05) is 25.2 Å². The van der Waals surface area contributed by atoms with Crippen LogP contribution in [0.2, 0.25) is 0 Å². The van der Waals surface area contributed by atoms with Gasteiger partial charge in [-0.1, -0.05) is 135 Å². The second kappa shape index (κ2) is 17.3. The highest BCUT2D eigenvalue weighted by molar-refractivity contribution is 5.95. The van der Waals surface area contributed by atoms with Crippen LogP contribution in [0.4, 0.5) is 4.79 Å². The minimum atomic E-state index is -0.635. The largest absolute Gasteiger partial charge is 0.415 e. The highest BCUT2D eigenvalue weighted by Crippen LogP contribution is 2.22. The highest BCUT2D eigenvalue weighted by atomic mass is 16.6. The predicted molar refractivity (Wildman–Crippen MR) is 178 cm³/mol. The number of nitrogens with two attached hydrogens (primary N) is 1. The Kier molecular flexibility index (Phi) is 12.9. The van der Waals surface area contributed by atoms with Gasteiger partial charge in [0.15, 0.2) is 0 Å². The fourth-order valence-corrected chi connectivity index (χ4v) is 5.57. The summed E-state index contributed by atoms with van der Waals surface area (Å²) in [7, 11) is 0. The molecule has 1 fully saturated rings. The lowest BCUT2D eigenvalue weighted by Crippen LogP contribution is -2.46. The second-order valence-electron chi connectivity index (χ2n) is 12.0. The molecule has 0 saturated carbocycles. The number of rotatable bonds is 13. The molecule has 0 spiro atoms. The molecule has 7 heteroatoms. The van der Waals surface area contributed by atoms with Crippen molar-refractivity contribution in [1.29, 1.82) is 0 Å². The van der Waals surface area contributed by atoms with Gasteiger partial charge in [-0.25, -0.2) is 9.59 Å². The molecule has 7 nitrogen and oxygen atoms in total. The summed E-state index contributed by atoms with van der Waals surface area (Å²) in [5.41, 5.74) is 11.5. The van der Waals surface area contributed by atoms with E-state index in [1.165, 1.54) is 22.3 Å². The summed E-state index contributed by atoms with van der Waals surface area (Å²) in [6.45, 7) is 5.21. The first-order chi connectivity index (χ1) is 21.8. The van der Waals surface area contributed by atoms with E-state index in [0.29, 0.717) is 6.42 Å². The van der Waals surface area contributed by atoms with Gasteiger partial charge in [-0.15, -0.1) is 0 Å². The molecular formula is C38H45N3O4. The lowest BCUT2D eigenvalue weighted by Gasteiger charge is -2.36. The number of benzene rings is 4. The number of cyclic esters (lactones) is 2. The predicted octanol–water partition coefficient (Wildman–Crippen LogP) is 5.90. The molecule has 236 valence electrons. The molecule has 4 aromatic carbocycles. The molecular weight excluding hydrogens is 562 g/mol.